The second-order valence-electron chi connectivity index (χ2n) is 4.90. The van der Waals surface area contributed by atoms with E-state index in [4.69, 9.17) is 24.7 Å². The smallest absolute Gasteiger partial charge is 0.153 e. The lowest BCUT2D eigenvalue weighted by molar-refractivity contribution is 0.111. The molecule has 0 unspecified atom stereocenters. The maximum absolute atomic E-state index is 11.0. The molecule has 0 radical (unpaired) electrons. The molecule has 0 saturated heterocycles. The molecule has 128 valence electrons. The lowest BCUT2D eigenvalue weighted by Crippen LogP contribution is -2.10. The molecule has 0 aliphatic heterocycles. The summed E-state index contributed by atoms with van der Waals surface area (Å²) in [5, 5.41) is 0. The Morgan fingerprint density at radius 1 is 0.917 bits per heavy atom. The first-order valence-electron chi connectivity index (χ1n) is 7.47. The highest BCUT2D eigenvalue weighted by Crippen LogP contribution is 2.25. The van der Waals surface area contributed by atoms with Crippen LogP contribution >= 0.6 is 0 Å². The van der Waals surface area contributed by atoms with E-state index in [0.717, 1.165) is 11.8 Å². The summed E-state index contributed by atoms with van der Waals surface area (Å²) in [6.45, 7) is 1.01. The van der Waals surface area contributed by atoms with Crippen LogP contribution in [0.1, 0.15) is 15.9 Å². The number of benzene rings is 2. The zero-order chi connectivity index (χ0) is 17.4. The Kier molecular flexibility index (Phi) is 6.45. The van der Waals surface area contributed by atoms with E-state index in [9.17, 15) is 4.79 Å². The van der Waals surface area contributed by atoms with Gasteiger partial charge in [-0.25, -0.2) is 0 Å². The predicted molar refractivity (Wildman–Crippen MR) is 90.3 cm³/mol. The monoisotopic (exact) mass is 331 g/mol. The molecule has 2 aromatic rings. The Balaban J connectivity index is 1.92. The van der Waals surface area contributed by atoms with Gasteiger partial charge in [0.05, 0.1) is 19.8 Å². The van der Waals surface area contributed by atoms with Crippen LogP contribution in [0.15, 0.2) is 36.4 Å². The summed E-state index contributed by atoms with van der Waals surface area (Å²) >= 11 is 0. The van der Waals surface area contributed by atoms with Crippen LogP contribution in [0.2, 0.25) is 0 Å². The number of ether oxygens (including phenoxy) is 4. The normalized spacial score (nSPS) is 10.1. The van der Waals surface area contributed by atoms with Gasteiger partial charge in [-0.1, -0.05) is 6.07 Å². The molecule has 0 atom stereocenters. The van der Waals surface area contributed by atoms with E-state index in [-0.39, 0.29) is 6.61 Å². The van der Waals surface area contributed by atoms with Crippen LogP contribution in [0, 0.1) is 0 Å². The molecule has 0 amide bonds. The molecule has 0 aromatic heterocycles. The minimum absolute atomic E-state index is 0.287. The Morgan fingerprint density at radius 2 is 1.62 bits per heavy atom. The SMILES string of the molecule is COc1ccc(C=O)c(OCCOc2ccc(CN)c(OC)c2)c1. The van der Waals surface area contributed by atoms with E-state index in [2.05, 4.69) is 0 Å². The average Bonchev–Trinajstić information content (AvgIpc) is 2.64. The second-order valence-corrected chi connectivity index (χ2v) is 4.90. The van der Waals surface area contributed by atoms with Crippen molar-refractivity contribution < 1.29 is 23.7 Å². The molecular formula is C18H21NO5. The molecule has 0 heterocycles. The number of carbonyl (C=O) groups excluding carboxylic acids is 1. The fraction of sp³-hybridized carbons (Fsp3) is 0.278. The van der Waals surface area contributed by atoms with Gasteiger partial charge in [0.1, 0.15) is 36.2 Å². The Bertz CT molecular complexity index is 687. The van der Waals surface area contributed by atoms with Crippen molar-refractivity contribution in [3.8, 4) is 23.0 Å². The number of hydrogen-bond donors (Lipinski definition) is 1. The number of aldehydes is 1. The maximum Gasteiger partial charge on any atom is 0.153 e. The molecule has 0 bridgehead atoms. The minimum atomic E-state index is 0.287. The molecule has 0 saturated carbocycles. The lowest BCUT2D eigenvalue weighted by Gasteiger charge is -2.12. The van der Waals surface area contributed by atoms with Crippen molar-refractivity contribution in [1.82, 2.24) is 0 Å². The van der Waals surface area contributed by atoms with Gasteiger partial charge in [-0.15, -0.1) is 0 Å². The molecule has 0 fully saturated rings. The number of carbonyl (C=O) groups is 1. The van der Waals surface area contributed by atoms with Crippen LogP contribution in [0.4, 0.5) is 0 Å². The Hall–Kier alpha value is -2.73. The standard InChI is InChI=1S/C18H21NO5/c1-21-15-5-4-14(12-20)18(9-15)24-8-7-23-16-6-3-13(11-19)17(10-16)22-2/h3-6,9-10,12H,7-8,11,19H2,1-2H3. The minimum Gasteiger partial charge on any atom is -0.497 e. The lowest BCUT2D eigenvalue weighted by atomic mass is 10.2. The molecule has 0 spiro atoms. The summed E-state index contributed by atoms with van der Waals surface area (Å²) < 4.78 is 21.6. The first-order valence-corrected chi connectivity index (χ1v) is 7.47. The third-order valence-electron chi connectivity index (χ3n) is 3.44. The maximum atomic E-state index is 11.0. The number of nitrogens with two attached hydrogens (primary N) is 1. The van der Waals surface area contributed by atoms with Crippen LogP contribution in [0.5, 0.6) is 23.0 Å². The van der Waals surface area contributed by atoms with Crippen molar-refractivity contribution in [3.63, 3.8) is 0 Å². The summed E-state index contributed by atoms with van der Waals surface area (Å²) in [6, 6.07) is 10.5. The molecule has 6 nitrogen and oxygen atoms in total. The summed E-state index contributed by atoms with van der Waals surface area (Å²) in [6.07, 6.45) is 0.742. The van der Waals surface area contributed by atoms with Gasteiger partial charge < -0.3 is 24.7 Å². The molecular weight excluding hydrogens is 310 g/mol. The Labute approximate surface area is 141 Å². The topological polar surface area (TPSA) is 80.0 Å². The van der Waals surface area contributed by atoms with Gasteiger partial charge in [0.25, 0.3) is 0 Å². The van der Waals surface area contributed by atoms with Gasteiger partial charge in [0, 0.05) is 24.2 Å². The quantitative estimate of drug-likeness (QED) is 0.561. The molecule has 24 heavy (non-hydrogen) atoms. The molecule has 2 rings (SSSR count). The van der Waals surface area contributed by atoms with Crippen molar-refractivity contribution in [3.05, 3.63) is 47.5 Å². The van der Waals surface area contributed by atoms with Gasteiger partial charge in [-0.3, -0.25) is 4.79 Å². The highest BCUT2D eigenvalue weighted by atomic mass is 16.5. The number of hydrogen-bond acceptors (Lipinski definition) is 6. The predicted octanol–water partition coefficient (Wildman–Crippen LogP) is 2.43. The summed E-state index contributed by atoms with van der Waals surface area (Å²) in [7, 11) is 3.15. The highest BCUT2D eigenvalue weighted by molar-refractivity contribution is 5.79. The van der Waals surface area contributed by atoms with Crippen molar-refractivity contribution in [2.45, 2.75) is 6.54 Å². The fourth-order valence-electron chi connectivity index (χ4n) is 2.16. The van der Waals surface area contributed by atoms with Gasteiger partial charge in [-0.05, 0) is 18.2 Å². The third kappa shape index (κ3) is 4.39. The van der Waals surface area contributed by atoms with E-state index in [1.807, 2.05) is 12.1 Å². The van der Waals surface area contributed by atoms with Crippen LogP contribution in [0.3, 0.4) is 0 Å². The molecule has 6 heteroatoms. The van der Waals surface area contributed by atoms with Crippen LogP contribution in [0.25, 0.3) is 0 Å². The number of rotatable bonds is 9. The van der Waals surface area contributed by atoms with Crippen LogP contribution < -0.4 is 24.7 Å². The van der Waals surface area contributed by atoms with Crippen molar-refractivity contribution in [1.29, 1.82) is 0 Å². The van der Waals surface area contributed by atoms with Crippen molar-refractivity contribution in [2.75, 3.05) is 27.4 Å². The first-order chi connectivity index (χ1) is 11.7. The number of methoxy groups -OCH3 is 2. The van der Waals surface area contributed by atoms with Gasteiger partial charge in [-0.2, -0.15) is 0 Å². The Morgan fingerprint density at radius 3 is 2.29 bits per heavy atom. The van der Waals surface area contributed by atoms with Gasteiger partial charge >= 0.3 is 0 Å². The summed E-state index contributed by atoms with van der Waals surface area (Å²) in [4.78, 5) is 11.0. The van der Waals surface area contributed by atoms with Gasteiger partial charge in [0.15, 0.2) is 6.29 Å². The van der Waals surface area contributed by atoms with E-state index in [0.29, 0.717) is 41.7 Å². The molecule has 0 aliphatic carbocycles. The average molecular weight is 331 g/mol. The van der Waals surface area contributed by atoms with E-state index in [1.165, 1.54) is 0 Å². The molecule has 2 aromatic carbocycles. The first kappa shape index (κ1) is 17.6. The van der Waals surface area contributed by atoms with E-state index >= 15 is 0 Å². The van der Waals surface area contributed by atoms with Crippen LogP contribution in [-0.4, -0.2) is 33.7 Å². The zero-order valence-corrected chi connectivity index (χ0v) is 13.8. The highest BCUT2D eigenvalue weighted by Gasteiger charge is 2.06. The van der Waals surface area contributed by atoms with Gasteiger partial charge in [0.2, 0.25) is 0 Å². The van der Waals surface area contributed by atoms with E-state index in [1.54, 1.807) is 38.5 Å². The third-order valence-corrected chi connectivity index (χ3v) is 3.44. The zero-order valence-electron chi connectivity index (χ0n) is 13.8. The van der Waals surface area contributed by atoms with Crippen molar-refractivity contribution in [2.24, 2.45) is 5.73 Å². The fourth-order valence-corrected chi connectivity index (χ4v) is 2.16. The van der Waals surface area contributed by atoms with Crippen LogP contribution in [-0.2, 0) is 6.54 Å². The second kappa shape index (κ2) is 8.79. The summed E-state index contributed by atoms with van der Waals surface area (Å²) in [5.74, 6) is 2.43. The molecule has 2 N–H and O–H groups in total. The largest absolute Gasteiger partial charge is 0.497 e. The van der Waals surface area contributed by atoms with E-state index < -0.39 is 0 Å². The molecule has 0 aliphatic rings. The summed E-state index contributed by atoms with van der Waals surface area (Å²) in [5.41, 5.74) is 7.01. The van der Waals surface area contributed by atoms with Crippen molar-refractivity contribution >= 4 is 6.29 Å².